The van der Waals surface area contributed by atoms with E-state index >= 15 is 0 Å². The van der Waals surface area contributed by atoms with Crippen LogP contribution in [0.4, 0.5) is 0 Å². The van der Waals surface area contributed by atoms with Gasteiger partial charge in [-0.25, -0.2) is 4.79 Å². The molecule has 0 spiro atoms. The maximum atomic E-state index is 11.6. The Morgan fingerprint density at radius 2 is 1.86 bits per heavy atom. The van der Waals surface area contributed by atoms with E-state index in [0.717, 1.165) is 0 Å². The number of hydrogen-bond acceptors (Lipinski definition) is 3. The molecule has 0 aliphatic rings. The number of carboxylic acids is 1. The van der Waals surface area contributed by atoms with Gasteiger partial charge in [0.1, 0.15) is 11.5 Å². The minimum absolute atomic E-state index is 0.0142. The lowest BCUT2D eigenvalue weighted by Crippen LogP contribution is -2.44. The highest BCUT2D eigenvalue weighted by molar-refractivity contribution is 9.10. The number of aromatic carboxylic acids is 1. The molecule has 0 unspecified atom stereocenters. The zero-order valence-electron chi connectivity index (χ0n) is 13.7. The summed E-state index contributed by atoms with van der Waals surface area (Å²) in [6.45, 7) is 10.7. The van der Waals surface area contributed by atoms with Gasteiger partial charge in [0.25, 0.3) is 0 Å². The van der Waals surface area contributed by atoms with E-state index in [0.29, 0.717) is 26.9 Å². The van der Waals surface area contributed by atoms with E-state index in [-0.39, 0.29) is 10.6 Å². The summed E-state index contributed by atoms with van der Waals surface area (Å²) in [6, 6.07) is 1.76. The van der Waals surface area contributed by atoms with E-state index in [1.165, 1.54) is 7.11 Å². The quantitative estimate of drug-likeness (QED) is 0.476. The van der Waals surface area contributed by atoms with Crippen LogP contribution in [0.25, 0.3) is 0 Å². The van der Waals surface area contributed by atoms with Crippen molar-refractivity contribution in [3.8, 4) is 11.5 Å². The molecule has 0 bridgehead atoms. The zero-order chi connectivity index (χ0) is 17.3. The van der Waals surface area contributed by atoms with Gasteiger partial charge in [0.15, 0.2) is 0 Å². The molecule has 0 atom stereocenters. The second kappa shape index (κ2) is 6.92. The van der Waals surface area contributed by atoms with Crippen LogP contribution in [-0.2, 0) is 5.33 Å². The van der Waals surface area contributed by atoms with Gasteiger partial charge in [0.2, 0.25) is 8.32 Å². The van der Waals surface area contributed by atoms with Crippen LogP contribution >= 0.6 is 31.9 Å². The number of benzene rings is 1. The number of carbonyl (C=O) groups is 1. The van der Waals surface area contributed by atoms with Crippen molar-refractivity contribution in [2.24, 2.45) is 0 Å². The third-order valence-corrected chi connectivity index (χ3v) is 9.73. The fourth-order valence-corrected chi connectivity index (χ4v) is 3.95. The molecule has 0 aliphatic carbocycles. The molecule has 0 saturated carbocycles. The molecule has 0 radical (unpaired) electrons. The Balaban J connectivity index is 3.54. The molecule has 4 nitrogen and oxygen atoms in total. The van der Waals surface area contributed by atoms with Gasteiger partial charge >= 0.3 is 5.97 Å². The molecule has 0 aromatic heterocycles. The summed E-state index contributed by atoms with van der Waals surface area (Å²) in [5.41, 5.74) is 0.787. The maximum Gasteiger partial charge on any atom is 0.337 e. The topological polar surface area (TPSA) is 55.8 Å². The smallest absolute Gasteiger partial charge is 0.337 e. The number of alkyl halides is 1. The summed E-state index contributed by atoms with van der Waals surface area (Å²) < 4.78 is 12.0. The maximum absolute atomic E-state index is 11.6. The number of ether oxygens (including phenoxy) is 1. The van der Waals surface area contributed by atoms with E-state index in [2.05, 4.69) is 65.7 Å². The Hall–Kier alpha value is -0.533. The average molecular weight is 454 g/mol. The lowest BCUT2D eigenvalue weighted by Gasteiger charge is -2.37. The molecule has 0 saturated heterocycles. The van der Waals surface area contributed by atoms with Gasteiger partial charge in [-0.3, -0.25) is 0 Å². The average Bonchev–Trinajstić information content (AvgIpc) is 2.37. The lowest BCUT2D eigenvalue weighted by molar-refractivity contribution is 0.0694. The molecular formula is C15H22Br2O4Si. The molecule has 7 heteroatoms. The fourth-order valence-electron chi connectivity index (χ4n) is 1.67. The Kier molecular flexibility index (Phi) is 6.14. The minimum Gasteiger partial charge on any atom is -0.543 e. The molecule has 1 aromatic carbocycles. The Morgan fingerprint density at radius 1 is 1.32 bits per heavy atom. The Morgan fingerprint density at radius 3 is 2.23 bits per heavy atom. The van der Waals surface area contributed by atoms with Crippen LogP contribution in [0.2, 0.25) is 18.1 Å². The first-order valence-corrected chi connectivity index (χ1v) is 11.7. The number of hydrogen-bond donors (Lipinski definition) is 1. The fraction of sp³-hybridized carbons (Fsp3) is 0.533. The molecule has 0 amide bonds. The van der Waals surface area contributed by atoms with Crippen molar-refractivity contribution in [2.75, 3.05) is 7.11 Å². The standard InChI is InChI=1S/C15H22Br2O4Si/c1-15(2,3)22(5,6)21-10-7-11(20-4)13(17)12(14(18)19)9(10)8-16/h7H,8H2,1-6H3,(H,18,19). The predicted octanol–water partition coefficient (Wildman–Crippen LogP) is 5.43. The van der Waals surface area contributed by atoms with Crippen LogP contribution in [0.15, 0.2) is 10.5 Å². The number of methoxy groups -OCH3 is 1. The monoisotopic (exact) mass is 452 g/mol. The molecular weight excluding hydrogens is 432 g/mol. The molecule has 0 heterocycles. The molecule has 22 heavy (non-hydrogen) atoms. The molecule has 0 fully saturated rings. The summed E-state index contributed by atoms with van der Waals surface area (Å²) in [5, 5.41) is 9.93. The SMILES string of the molecule is COc1cc(O[Si](C)(C)C(C)(C)C)c(CBr)c(C(=O)O)c1Br. The van der Waals surface area contributed by atoms with Crippen molar-refractivity contribution in [3.05, 3.63) is 21.7 Å². The Labute approximate surface area is 149 Å². The number of halogens is 2. The van der Waals surface area contributed by atoms with Gasteiger partial charge in [-0.15, -0.1) is 0 Å². The molecule has 124 valence electrons. The van der Waals surface area contributed by atoms with E-state index < -0.39 is 14.3 Å². The van der Waals surface area contributed by atoms with Gasteiger partial charge in [0.05, 0.1) is 17.1 Å². The largest absolute Gasteiger partial charge is 0.543 e. The van der Waals surface area contributed by atoms with E-state index in [1.54, 1.807) is 6.07 Å². The van der Waals surface area contributed by atoms with Crippen molar-refractivity contribution in [1.29, 1.82) is 0 Å². The van der Waals surface area contributed by atoms with E-state index in [1.807, 2.05) is 0 Å². The summed E-state index contributed by atoms with van der Waals surface area (Å²) in [5.74, 6) is 0.0111. The van der Waals surface area contributed by atoms with Crippen LogP contribution in [0.1, 0.15) is 36.7 Å². The number of carboxylic acid groups (broad SMARTS) is 1. The predicted molar refractivity (Wildman–Crippen MR) is 98.1 cm³/mol. The van der Waals surface area contributed by atoms with Crippen LogP contribution in [-0.4, -0.2) is 26.5 Å². The highest BCUT2D eigenvalue weighted by Gasteiger charge is 2.40. The number of rotatable bonds is 5. The van der Waals surface area contributed by atoms with Crippen LogP contribution < -0.4 is 9.16 Å². The summed E-state index contributed by atoms with van der Waals surface area (Å²) in [4.78, 5) is 11.6. The van der Waals surface area contributed by atoms with Gasteiger partial charge in [-0.05, 0) is 34.1 Å². The van der Waals surface area contributed by atoms with Crippen LogP contribution in [0.3, 0.4) is 0 Å². The highest BCUT2D eigenvalue weighted by Crippen LogP contribution is 2.43. The third kappa shape index (κ3) is 3.86. The van der Waals surface area contributed by atoms with Crippen molar-refractivity contribution >= 4 is 46.1 Å². The molecule has 1 aromatic rings. The Bertz CT molecular complexity index is 580. The summed E-state index contributed by atoms with van der Waals surface area (Å²) in [7, 11) is -0.579. The van der Waals surface area contributed by atoms with Crippen molar-refractivity contribution < 1.29 is 19.1 Å². The van der Waals surface area contributed by atoms with Gasteiger partial charge in [0, 0.05) is 17.0 Å². The minimum atomic E-state index is -2.09. The first kappa shape index (κ1) is 19.5. The van der Waals surface area contributed by atoms with Crippen LogP contribution in [0, 0.1) is 0 Å². The second-order valence-corrected chi connectivity index (χ2v) is 12.6. The zero-order valence-corrected chi connectivity index (χ0v) is 17.9. The van der Waals surface area contributed by atoms with Gasteiger partial charge in [-0.1, -0.05) is 36.7 Å². The van der Waals surface area contributed by atoms with Crippen molar-refractivity contribution in [3.63, 3.8) is 0 Å². The van der Waals surface area contributed by atoms with E-state index in [4.69, 9.17) is 9.16 Å². The van der Waals surface area contributed by atoms with Gasteiger partial charge < -0.3 is 14.3 Å². The van der Waals surface area contributed by atoms with Crippen molar-refractivity contribution in [1.82, 2.24) is 0 Å². The summed E-state index contributed by atoms with van der Waals surface area (Å²) in [6.07, 6.45) is 0. The lowest BCUT2D eigenvalue weighted by atomic mass is 10.1. The highest BCUT2D eigenvalue weighted by atomic mass is 79.9. The first-order valence-electron chi connectivity index (χ1n) is 6.84. The first-order chi connectivity index (χ1) is 9.96. The second-order valence-electron chi connectivity index (χ2n) is 6.55. The van der Waals surface area contributed by atoms with Crippen molar-refractivity contribution in [2.45, 2.75) is 44.2 Å². The molecule has 1 rings (SSSR count). The molecule has 1 N–H and O–H groups in total. The van der Waals surface area contributed by atoms with Crippen LogP contribution in [0.5, 0.6) is 11.5 Å². The normalized spacial score (nSPS) is 12.2. The molecule has 0 aliphatic heterocycles. The third-order valence-electron chi connectivity index (χ3n) is 4.04. The van der Waals surface area contributed by atoms with E-state index in [9.17, 15) is 9.90 Å². The summed E-state index contributed by atoms with van der Waals surface area (Å²) >= 11 is 6.69. The van der Waals surface area contributed by atoms with Gasteiger partial charge in [-0.2, -0.15) is 0 Å².